The van der Waals surface area contributed by atoms with Crippen LogP contribution in [0.15, 0.2) is 57.7 Å². The number of aromatic amines is 1. The Hall–Kier alpha value is -2.45. The Morgan fingerprint density at radius 2 is 1.87 bits per heavy atom. The highest BCUT2D eigenvalue weighted by atomic mass is 32.2. The molecule has 6 nitrogen and oxygen atoms in total. The van der Waals surface area contributed by atoms with Gasteiger partial charge in [-0.15, -0.1) is 11.3 Å². The molecule has 0 radical (unpaired) electrons. The molecule has 2 N–H and O–H groups in total. The summed E-state index contributed by atoms with van der Waals surface area (Å²) in [5.41, 5.74) is 0.960. The third-order valence-electron chi connectivity index (χ3n) is 3.08. The molecule has 3 aromatic rings. The molecule has 8 heteroatoms. The fraction of sp³-hybridized carbons (Fsp3) is 0.0667. The number of nitrogens with zero attached hydrogens (tertiary/aromatic N) is 1. The zero-order chi connectivity index (χ0) is 16.4. The van der Waals surface area contributed by atoms with Gasteiger partial charge in [-0.1, -0.05) is 30.3 Å². The Morgan fingerprint density at radius 1 is 1.13 bits per heavy atom. The molecule has 0 spiro atoms. The molecule has 0 saturated heterocycles. The molecule has 0 unspecified atom stereocenters. The van der Waals surface area contributed by atoms with Gasteiger partial charge in [0.25, 0.3) is 15.6 Å². The summed E-state index contributed by atoms with van der Waals surface area (Å²) in [6, 6.07) is 12.3. The molecule has 1 aromatic carbocycles. The zero-order valence-corrected chi connectivity index (χ0v) is 13.7. The number of benzene rings is 1. The number of hydrogen-bond donors (Lipinski definition) is 2. The van der Waals surface area contributed by atoms with Crippen LogP contribution < -0.4 is 10.3 Å². The van der Waals surface area contributed by atoms with Crippen LogP contribution in [-0.2, 0) is 10.0 Å². The average Bonchev–Trinajstić information content (AvgIpc) is 3.02. The van der Waals surface area contributed by atoms with Crippen LogP contribution in [0.2, 0.25) is 0 Å². The molecule has 0 saturated carbocycles. The van der Waals surface area contributed by atoms with Gasteiger partial charge in [0.1, 0.15) is 10.7 Å². The highest BCUT2D eigenvalue weighted by Gasteiger charge is 2.20. The van der Waals surface area contributed by atoms with Crippen molar-refractivity contribution in [1.29, 1.82) is 0 Å². The van der Waals surface area contributed by atoms with E-state index in [1.165, 1.54) is 22.8 Å². The second-order valence-electron chi connectivity index (χ2n) is 4.85. The summed E-state index contributed by atoms with van der Waals surface area (Å²) >= 11 is 1.23. The lowest BCUT2D eigenvalue weighted by atomic mass is 10.2. The summed E-state index contributed by atoms with van der Waals surface area (Å²) in [6.45, 7) is 1.71. The number of rotatable bonds is 4. The summed E-state index contributed by atoms with van der Waals surface area (Å²) in [5, 5.41) is 1.94. The van der Waals surface area contributed by atoms with E-state index in [1.54, 1.807) is 13.0 Å². The van der Waals surface area contributed by atoms with Gasteiger partial charge in [-0.05, 0) is 19.1 Å². The van der Waals surface area contributed by atoms with Gasteiger partial charge in [0.2, 0.25) is 0 Å². The molecule has 0 fully saturated rings. The molecule has 0 aliphatic carbocycles. The number of sulfonamides is 1. The van der Waals surface area contributed by atoms with Crippen LogP contribution in [0, 0.1) is 6.92 Å². The quantitative estimate of drug-likeness (QED) is 0.759. The molecule has 0 aliphatic rings. The number of pyridine rings is 1. The fourth-order valence-corrected chi connectivity index (χ4v) is 4.11. The lowest BCUT2D eigenvalue weighted by Crippen LogP contribution is -2.20. The van der Waals surface area contributed by atoms with Crippen LogP contribution in [0.1, 0.15) is 5.69 Å². The number of nitrogens with one attached hydrogen (secondary N) is 2. The molecule has 3 rings (SSSR count). The van der Waals surface area contributed by atoms with Gasteiger partial charge in [0.15, 0.2) is 5.03 Å². The highest BCUT2D eigenvalue weighted by Crippen LogP contribution is 2.25. The predicted molar refractivity (Wildman–Crippen MR) is 90.2 cm³/mol. The van der Waals surface area contributed by atoms with Gasteiger partial charge < -0.3 is 4.98 Å². The summed E-state index contributed by atoms with van der Waals surface area (Å²) < 4.78 is 27.0. The number of aromatic nitrogens is 2. The molecule has 0 amide bonds. The third kappa shape index (κ3) is 3.33. The number of thiazole rings is 1. The minimum Gasteiger partial charge on any atom is -0.325 e. The standard InChI is InChI=1S/C15H13N3O3S2/c1-10-7-8-12(14(19)16-10)18-23(20,21)13-9-22-15(17-13)11-5-3-2-4-6-11/h2-9,18H,1H3,(H,16,19). The molecule has 0 bridgehead atoms. The molecule has 2 heterocycles. The van der Waals surface area contributed by atoms with Crippen LogP contribution in [0.3, 0.4) is 0 Å². The van der Waals surface area contributed by atoms with Crippen molar-refractivity contribution in [3.63, 3.8) is 0 Å². The first-order valence-electron chi connectivity index (χ1n) is 6.69. The van der Waals surface area contributed by atoms with E-state index in [9.17, 15) is 13.2 Å². The summed E-state index contributed by atoms with van der Waals surface area (Å²) in [6.07, 6.45) is 0. The predicted octanol–water partition coefficient (Wildman–Crippen LogP) is 2.61. The Bertz CT molecular complexity index is 992. The van der Waals surface area contributed by atoms with E-state index in [1.807, 2.05) is 30.3 Å². The van der Waals surface area contributed by atoms with Crippen LogP contribution in [-0.4, -0.2) is 18.4 Å². The topological polar surface area (TPSA) is 91.9 Å². The maximum atomic E-state index is 12.4. The van der Waals surface area contributed by atoms with Crippen molar-refractivity contribution in [2.75, 3.05) is 4.72 Å². The summed E-state index contributed by atoms with van der Waals surface area (Å²) in [5.74, 6) is 0. The second kappa shape index (κ2) is 5.98. The van der Waals surface area contributed by atoms with E-state index in [0.717, 1.165) is 5.56 Å². The minimum absolute atomic E-state index is 0.0372. The smallest absolute Gasteiger partial charge is 0.280 e. The van der Waals surface area contributed by atoms with Crippen LogP contribution >= 0.6 is 11.3 Å². The van der Waals surface area contributed by atoms with Crippen LogP contribution in [0.5, 0.6) is 0 Å². The van der Waals surface area contributed by atoms with Crippen LogP contribution in [0.4, 0.5) is 5.69 Å². The summed E-state index contributed by atoms with van der Waals surface area (Å²) in [4.78, 5) is 18.5. The molecule has 0 atom stereocenters. The van der Waals surface area contributed by atoms with Crippen molar-refractivity contribution in [2.24, 2.45) is 0 Å². The second-order valence-corrected chi connectivity index (χ2v) is 7.33. The average molecular weight is 347 g/mol. The summed E-state index contributed by atoms with van der Waals surface area (Å²) in [7, 11) is -3.91. The van der Waals surface area contributed by atoms with Gasteiger partial charge in [-0.3, -0.25) is 9.52 Å². The Morgan fingerprint density at radius 3 is 2.57 bits per heavy atom. The van der Waals surface area contributed by atoms with Crippen molar-refractivity contribution >= 4 is 27.0 Å². The molecule has 23 heavy (non-hydrogen) atoms. The van der Waals surface area contributed by atoms with E-state index in [4.69, 9.17) is 0 Å². The first kappa shape index (κ1) is 15.4. The first-order chi connectivity index (χ1) is 11.0. The highest BCUT2D eigenvalue weighted by molar-refractivity contribution is 7.92. The van der Waals surface area contributed by atoms with Gasteiger partial charge >= 0.3 is 0 Å². The van der Waals surface area contributed by atoms with E-state index in [0.29, 0.717) is 10.7 Å². The molecule has 2 aromatic heterocycles. The minimum atomic E-state index is -3.91. The van der Waals surface area contributed by atoms with Crippen molar-refractivity contribution in [3.8, 4) is 10.6 Å². The monoisotopic (exact) mass is 347 g/mol. The lowest BCUT2D eigenvalue weighted by Gasteiger charge is -2.05. The SMILES string of the molecule is Cc1ccc(NS(=O)(=O)c2csc(-c3ccccc3)n2)c(=O)[nH]1. The fourth-order valence-electron chi connectivity index (χ4n) is 1.95. The maximum absolute atomic E-state index is 12.4. The van der Waals surface area contributed by atoms with Crippen molar-refractivity contribution in [1.82, 2.24) is 9.97 Å². The Labute approximate surface area is 136 Å². The maximum Gasteiger partial charge on any atom is 0.280 e. The van der Waals surface area contributed by atoms with E-state index >= 15 is 0 Å². The van der Waals surface area contributed by atoms with E-state index in [2.05, 4.69) is 14.7 Å². The van der Waals surface area contributed by atoms with E-state index < -0.39 is 15.6 Å². The number of H-pyrrole nitrogens is 1. The number of hydrogen-bond acceptors (Lipinski definition) is 5. The molecular weight excluding hydrogens is 334 g/mol. The molecule has 118 valence electrons. The number of aryl methyl sites for hydroxylation is 1. The van der Waals surface area contributed by atoms with Gasteiger partial charge in [0.05, 0.1) is 0 Å². The molecular formula is C15H13N3O3S2. The zero-order valence-electron chi connectivity index (χ0n) is 12.1. The van der Waals surface area contributed by atoms with Gasteiger partial charge in [0, 0.05) is 16.6 Å². The van der Waals surface area contributed by atoms with Crippen molar-refractivity contribution in [3.05, 3.63) is 63.9 Å². The van der Waals surface area contributed by atoms with Gasteiger partial charge in [-0.25, -0.2) is 4.98 Å². The normalized spacial score (nSPS) is 11.3. The Balaban J connectivity index is 1.92. The third-order valence-corrected chi connectivity index (χ3v) is 5.37. The van der Waals surface area contributed by atoms with Crippen LogP contribution in [0.25, 0.3) is 10.6 Å². The first-order valence-corrected chi connectivity index (χ1v) is 9.06. The number of anilines is 1. The largest absolute Gasteiger partial charge is 0.325 e. The molecule has 0 aliphatic heterocycles. The van der Waals surface area contributed by atoms with Crippen molar-refractivity contribution in [2.45, 2.75) is 11.9 Å². The van der Waals surface area contributed by atoms with Crippen molar-refractivity contribution < 1.29 is 8.42 Å². The van der Waals surface area contributed by atoms with E-state index in [-0.39, 0.29) is 10.7 Å². The van der Waals surface area contributed by atoms with Gasteiger partial charge in [-0.2, -0.15) is 8.42 Å². The lowest BCUT2D eigenvalue weighted by molar-refractivity contribution is 0.598. The Kier molecular flexibility index (Phi) is 4.01.